The van der Waals surface area contributed by atoms with Gasteiger partial charge >= 0.3 is 6.03 Å². The molecule has 3 amide bonds. The van der Waals surface area contributed by atoms with Crippen LogP contribution in [-0.4, -0.2) is 25.6 Å². The predicted molar refractivity (Wildman–Crippen MR) is 32.7 cm³/mol. The number of carbonyl (C=O) groups is 2. The van der Waals surface area contributed by atoms with E-state index >= 15 is 0 Å². The van der Waals surface area contributed by atoms with Gasteiger partial charge in [-0.3, -0.25) is 9.63 Å². The Morgan fingerprint density at radius 3 is 2.60 bits per heavy atom. The second kappa shape index (κ2) is 4.57. The fourth-order valence-electron chi connectivity index (χ4n) is 0.224. The van der Waals surface area contributed by atoms with Crippen molar-refractivity contribution in [3.05, 3.63) is 0 Å². The minimum Gasteiger partial charge on any atom is -0.368 e. The molecule has 0 atom stereocenters. The van der Waals surface area contributed by atoms with Gasteiger partial charge in [0.25, 0.3) is 0 Å². The second-order valence-corrected chi connectivity index (χ2v) is 1.44. The van der Waals surface area contributed by atoms with Crippen LogP contribution in [0.4, 0.5) is 4.79 Å². The molecule has 0 aliphatic rings. The molecule has 0 rings (SSSR count). The van der Waals surface area contributed by atoms with Crippen molar-refractivity contribution in [1.82, 2.24) is 10.8 Å². The molecule has 0 aliphatic heterocycles. The lowest BCUT2D eigenvalue weighted by Gasteiger charge is -2.01. The first-order chi connectivity index (χ1) is 4.66. The molecule has 6 nitrogen and oxygen atoms in total. The molecule has 0 radical (unpaired) electrons. The SMILES string of the molecule is CNC(=O)NOCC(N)=O. The number of rotatable bonds is 3. The topological polar surface area (TPSA) is 93.4 Å². The van der Waals surface area contributed by atoms with Crippen LogP contribution in [0, 0.1) is 0 Å². The molecule has 0 bridgehead atoms. The first-order valence-electron chi connectivity index (χ1n) is 2.54. The van der Waals surface area contributed by atoms with Crippen LogP contribution in [0.25, 0.3) is 0 Å². The van der Waals surface area contributed by atoms with E-state index in [1.54, 1.807) is 0 Å². The van der Waals surface area contributed by atoms with E-state index in [-0.39, 0.29) is 6.61 Å². The van der Waals surface area contributed by atoms with E-state index in [0.29, 0.717) is 0 Å². The van der Waals surface area contributed by atoms with Gasteiger partial charge in [-0.15, -0.1) is 0 Å². The van der Waals surface area contributed by atoms with Crippen molar-refractivity contribution < 1.29 is 14.4 Å². The maximum absolute atomic E-state index is 10.3. The van der Waals surface area contributed by atoms with Crippen LogP contribution in [0.3, 0.4) is 0 Å². The lowest BCUT2D eigenvalue weighted by molar-refractivity contribution is -0.124. The van der Waals surface area contributed by atoms with E-state index < -0.39 is 11.9 Å². The highest BCUT2D eigenvalue weighted by molar-refractivity contribution is 5.76. The number of carbonyl (C=O) groups excluding carboxylic acids is 2. The number of nitrogens with two attached hydrogens (primary N) is 1. The standard InChI is InChI=1S/C4H9N3O3/c1-6-4(9)7-10-2-3(5)8/h2H2,1H3,(H2,5,8)(H2,6,7,9). The lowest BCUT2D eigenvalue weighted by atomic mass is 10.7. The van der Waals surface area contributed by atoms with Crippen LogP contribution in [0.15, 0.2) is 0 Å². The minimum absolute atomic E-state index is 0.326. The number of nitrogens with one attached hydrogen (secondary N) is 2. The normalized spacial score (nSPS) is 8.50. The highest BCUT2D eigenvalue weighted by Gasteiger charge is 1.96. The molecular formula is C4H9N3O3. The van der Waals surface area contributed by atoms with Gasteiger partial charge in [-0.25, -0.2) is 10.3 Å². The zero-order valence-electron chi connectivity index (χ0n) is 5.51. The third-order valence-corrected chi connectivity index (χ3v) is 0.606. The molecule has 0 aromatic rings. The summed E-state index contributed by atoms with van der Waals surface area (Å²) in [5, 5.41) is 2.21. The van der Waals surface area contributed by atoms with Crippen LogP contribution in [0.5, 0.6) is 0 Å². The average Bonchev–Trinajstić information content (AvgIpc) is 1.87. The zero-order chi connectivity index (χ0) is 7.98. The van der Waals surface area contributed by atoms with Crippen molar-refractivity contribution in [1.29, 1.82) is 0 Å². The number of hydrogen-bond acceptors (Lipinski definition) is 3. The maximum atomic E-state index is 10.3. The van der Waals surface area contributed by atoms with Gasteiger partial charge in [0, 0.05) is 7.05 Å². The molecule has 0 saturated heterocycles. The van der Waals surface area contributed by atoms with Crippen molar-refractivity contribution >= 4 is 11.9 Å². The first kappa shape index (κ1) is 8.70. The summed E-state index contributed by atoms with van der Waals surface area (Å²) >= 11 is 0. The first-order valence-corrected chi connectivity index (χ1v) is 2.54. The monoisotopic (exact) mass is 147 g/mol. The van der Waals surface area contributed by atoms with Crippen molar-refractivity contribution in [2.24, 2.45) is 5.73 Å². The third-order valence-electron chi connectivity index (χ3n) is 0.606. The van der Waals surface area contributed by atoms with Gasteiger partial charge in [-0.2, -0.15) is 0 Å². The van der Waals surface area contributed by atoms with Gasteiger partial charge in [0.2, 0.25) is 5.91 Å². The van der Waals surface area contributed by atoms with Gasteiger partial charge in [0.1, 0.15) is 0 Å². The lowest BCUT2D eigenvalue weighted by Crippen LogP contribution is -2.35. The number of amides is 3. The molecular weight excluding hydrogens is 138 g/mol. The van der Waals surface area contributed by atoms with E-state index in [4.69, 9.17) is 0 Å². The van der Waals surface area contributed by atoms with Gasteiger partial charge < -0.3 is 11.1 Å². The van der Waals surface area contributed by atoms with Gasteiger partial charge in [-0.05, 0) is 0 Å². The van der Waals surface area contributed by atoms with Gasteiger partial charge in [0.05, 0.1) is 0 Å². The molecule has 0 spiro atoms. The van der Waals surface area contributed by atoms with E-state index in [2.05, 4.69) is 15.9 Å². The number of hydrogen-bond donors (Lipinski definition) is 3. The summed E-state index contributed by atoms with van der Waals surface area (Å²) in [6.45, 7) is -0.326. The second-order valence-electron chi connectivity index (χ2n) is 1.44. The Labute approximate surface area is 57.7 Å². The highest BCUT2D eigenvalue weighted by atomic mass is 16.7. The summed E-state index contributed by atoms with van der Waals surface area (Å²) in [4.78, 5) is 24.6. The Hall–Kier alpha value is -1.30. The molecule has 6 heteroatoms. The minimum atomic E-state index is -0.642. The smallest absolute Gasteiger partial charge is 0.338 e. The quantitative estimate of drug-likeness (QED) is 0.417. The van der Waals surface area contributed by atoms with Crippen LogP contribution in [0.1, 0.15) is 0 Å². The summed E-state index contributed by atoms with van der Waals surface area (Å²) in [6.07, 6.45) is 0. The summed E-state index contributed by atoms with van der Waals surface area (Å²) in [5.74, 6) is -0.642. The molecule has 0 unspecified atom stereocenters. The van der Waals surface area contributed by atoms with Crippen LogP contribution >= 0.6 is 0 Å². The number of hydroxylamine groups is 1. The summed E-state index contributed by atoms with van der Waals surface area (Å²) < 4.78 is 0. The zero-order valence-corrected chi connectivity index (χ0v) is 5.51. The molecule has 0 aromatic carbocycles. The molecule has 0 aromatic heterocycles. The van der Waals surface area contributed by atoms with Crippen molar-refractivity contribution in [3.63, 3.8) is 0 Å². The summed E-state index contributed by atoms with van der Waals surface area (Å²) in [7, 11) is 1.42. The highest BCUT2D eigenvalue weighted by Crippen LogP contribution is 1.65. The average molecular weight is 147 g/mol. The molecule has 10 heavy (non-hydrogen) atoms. The summed E-state index contributed by atoms with van der Waals surface area (Å²) in [6, 6.07) is -0.527. The van der Waals surface area contributed by atoms with Crippen LogP contribution in [-0.2, 0) is 9.63 Å². The van der Waals surface area contributed by atoms with E-state index in [1.165, 1.54) is 7.05 Å². The Morgan fingerprint density at radius 1 is 1.60 bits per heavy atom. The van der Waals surface area contributed by atoms with Crippen LogP contribution in [0.2, 0.25) is 0 Å². The summed E-state index contributed by atoms with van der Waals surface area (Å²) in [5.41, 5.74) is 6.60. The molecule has 0 heterocycles. The molecule has 0 aliphatic carbocycles. The van der Waals surface area contributed by atoms with Crippen molar-refractivity contribution in [2.45, 2.75) is 0 Å². The van der Waals surface area contributed by atoms with E-state index in [1.807, 2.05) is 5.48 Å². The van der Waals surface area contributed by atoms with E-state index in [9.17, 15) is 9.59 Å². The molecule has 4 N–H and O–H groups in total. The van der Waals surface area contributed by atoms with Crippen molar-refractivity contribution in [2.75, 3.05) is 13.7 Å². The fourth-order valence-corrected chi connectivity index (χ4v) is 0.224. The van der Waals surface area contributed by atoms with Gasteiger partial charge in [-0.1, -0.05) is 0 Å². The molecule has 58 valence electrons. The van der Waals surface area contributed by atoms with Gasteiger partial charge in [0.15, 0.2) is 6.61 Å². The molecule has 0 saturated carbocycles. The maximum Gasteiger partial charge on any atom is 0.338 e. The Balaban J connectivity index is 3.20. The predicted octanol–water partition coefficient (Wildman–Crippen LogP) is -1.67. The third kappa shape index (κ3) is 4.85. The van der Waals surface area contributed by atoms with E-state index in [0.717, 1.165) is 0 Å². The van der Waals surface area contributed by atoms with Crippen LogP contribution < -0.4 is 16.5 Å². The number of primary amides is 1. The Morgan fingerprint density at radius 2 is 2.20 bits per heavy atom. The fraction of sp³-hybridized carbons (Fsp3) is 0.500. The Kier molecular flexibility index (Phi) is 3.97. The Bertz CT molecular complexity index is 136. The number of urea groups is 1. The largest absolute Gasteiger partial charge is 0.368 e. The molecule has 0 fully saturated rings. The van der Waals surface area contributed by atoms with Crippen molar-refractivity contribution in [3.8, 4) is 0 Å².